The summed E-state index contributed by atoms with van der Waals surface area (Å²) in [5.74, 6) is 0.713. The molecule has 1 aromatic heterocycles. The highest BCUT2D eigenvalue weighted by molar-refractivity contribution is 7.89. The molecule has 1 aliphatic rings. The fourth-order valence-electron chi connectivity index (χ4n) is 4.95. The van der Waals surface area contributed by atoms with Crippen LogP contribution in [-0.2, 0) is 21.4 Å². The van der Waals surface area contributed by atoms with E-state index < -0.39 is 22.0 Å². The third-order valence-corrected chi connectivity index (χ3v) is 9.12. The average molecular weight is 559 g/mol. The lowest BCUT2D eigenvalue weighted by Gasteiger charge is -2.33. The van der Waals surface area contributed by atoms with Crippen molar-refractivity contribution in [1.29, 1.82) is 0 Å². The number of hydrogen-bond donors (Lipinski definition) is 2. The van der Waals surface area contributed by atoms with Crippen molar-refractivity contribution in [2.75, 3.05) is 31.5 Å². The molecule has 9 nitrogen and oxygen atoms in total. The van der Waals surface area contributed by atoms with E-state index in [0.717, 1.165) is 22.0 Å². The number of nitrogens with zero attached hydrogens (tertiary/aromatic N) is 4. The maximum Gasteiger partial charge on any atom is 0.243 e. The molecule has 5 rings (SSSR count). The molecule has 4 aromatic rings. The topological polar surface area (TPSA) is 122 Å². The van der Waals surface area contributed by atoms with Crippen LogP contribution in [0.25, 0.3) is 22.0 Å². The zero-order chi connectivity index (χ0) is 28.3. The molecule has 0 bridgehead atoms. The molecule has 1 aliphatic heterocycles. The first-order valence-corrected chi connectivity index (χ1v) is 14.9. The average Bonchev–Trinajstić information content (AvgIpc) is 2.96. The van der Waals surface area contributed by atoms with Crippen molar-refractivity contribution in [3.8, 4) is 11.1 Å². The van der Waals surface area contributed by atoms with Gasteiger partial charge in [-0.2, -0.15) is 4.31 Å². The minimum absolute atomic E-state index is 0.0146. The van der Waals surface area contributed by atoms with Crippen molar-refractivity contribution in [1.82, 2.24) is 19.2 Å². The van der Waals surface area contributed by atoms with Gasteiger partial charge in [0.25, 0.3) is 0 Å². The second kappa shape index (κ2) is 11.7. The molecule has 1 saturated heterocycles. The Hall–Kier alpha value is -3.86. The molecule has 3 aromatic carbocycles. The summed E-state index contributed by atoms with van der Waals surface area (Å²) in [6.45, 7) is 6.17. The minimum Gasteiger partial charge on any atom is -0.368 e. The van der Waals surface area contributed by atoms with Crippen LogP contribution in [0.3, 0.4) is 0 Å². The summed E-state index contributed by atoms with van der Waals surface area (Å²) in [6.07, 6.45) is 0. The Balaban J connectivity index is 1.27. The third kappa shape index (κ3) is 5.99. The number of benzene rings is 3. The van der Waals surface area contributed by atoms with Gasteiger partial charge in [0.15, 0.2) is 0 Å². The highest BCUT2D eigenvalue weighted by Crippen LogP contribution is 2.25. The molecule has 2 heterocycles. The molecule has 0 radical (unpaired) electrons. The quantitative estimate of drug-likeness (QED) is 0.321. The first-order valence-electron chi connectivity index (χ1n) is 13.4. The first-order chi connectivity index (χ1) is 19.2. The van der Waals surface area contributed by atoms with E-state index in [4.69, 9.17) is 15.7 Å². The lowest BCUT2D eigenvalue weighted by atomic mass is 10.0. The van der Waals surface area contributed by atoms with Gasteiger partial charge in [-0.15, -0.1) is 0 Å². The number of fused-ring (bicyclic) bond motifs is 1. The maximum absolute atomic E-state index is 13.3. The van der Waals surface area contributed by atoms with Crippen LogP contribution in [0.4, 0.5) is 5.82 Å². The summed E-state index contributed by atoms with van der Waals surface area (Å²) >= 11 is 0. The van der Waals surface area contributed by atoms with Gasteiger partial charge in [0.2, 0.25) is 15.9 Å². The molecule has 40 heavy (non-hydrogen) atoms. The van der Waals surface area contributed by atoms with Crippen LogP contribution in [-0.4, -0.2) is 65.7 Å². The largest absolute Gasteiger partial charge is 0.368 e. The lowest BCUT2D eigenvalue weighted by molar-refractivity contribution is -0.119. The molecule has 10 heteroatoms. The minimum atomic E-state index is -3.60. The summed E-state index contributed by atoms with van der Waals surface area (Å²) in [7, 11) is -3.60. The fourth-order valence-corrected chi connectivity index (χ4v) is 6.37. The molecule has 0 aliphatic carbocycles. The van der Waals surface area contributed by atoms with Gasteiger partial charge < -0.3 is 11.1 Å². The maximum atomic E-state index is 13.3. The summed E-state index contributed by atoms with van der Waals surface area (Å²) < 4.78 is 28.2. The molecular formula is C30H34N6O3S. The van der Waals surface area contributed by atoms with Crippen molar-refractivity contribution >= 4 is 32.7 Å². The number of rotatable bonds is 9. The van der Waals surface area contributed by atoms with Crippen molar-refractivity contribution in [3.05, 3.63) is 84.7 Å². The highest BCUT2D eigenvalue weighted by Gasteiger charge is 2.29. The molecule has 0 spiro atoms. The normalized spacial score (nSPS) is 15.8. The molecular weight excluding hydrogens is 524 g/mol. The van der Waals surface area contributed by atoms with E-state index in [1.165, 1.54) is 4.31 Å². The van der Waals surface area contributed by atoms with Gasteiger partial charge in [-0.1, -0.05) is 68.4 Å². The lowest BCUT2D eigenvalue weighted by Crippen LogP contribution is -2.48. The Morgan fingerprint density at radius 3 is 2.15 bits per heavy atom. The van der Waals surface area contributed by atoms with Crippen LogP contribution in [0, 0.1) is 5.92 Å². The molecule has 0 saturated carbocycles. The first kappa shape index (κ1) is 27.7. The van der Waals surface area contributed by atoms with Crippen molar-refractivity contribution in [2.45, 2.75) is 31.3 Å². The summed E-state index contributed by atoms with van der Waals surface area (Å²) in [4.78, 5) is 24.0. The monoisotopic (exact) mass is 558 g/mol. The summed E-state index contributed by atoms with van der Waals surface area (Å²) in [5, 5.41) is 4.04. The zero-order valence-electron chi connectivity index (χ0n) is 22.7. The Bertz CT molecular complexity index is 1590. The molecule has 1 fully saturated rings. The van der Waals surface area contributed by atoms with Gasteiger partial charge >= 0.3 is 0 Å². The van der Waals surface area contributed by atoms with Crippen LogP contribution in [0.1, 0.15) is 19.7 Å². The van der Waals surface area contributed by atoms with E-state index >= 15 is 0 Å². The molecule has 1 amide bonds. The number of piperazine rings is 1. The van der Waals surface area contributed by atoms with Gasteiger partial charge in [0.05, 0.1) is 17.0 Å². The number of para-hydroxylation sites is 1. The Labute approximate surface area is 235 Å². The molecule has 0 unspecified atom stereocenters. The summed E-state index contributed by atoms with van der Waals surface area (Å²) in [6, 6.07) is 24.0. The number of primary amides is 1. The van der Waals surface area contributed by atoms with Crippen LogP contribution in [0.2, 0.25) is 0 Å². The van der Waals surface area contributed by atoms with Crippen LogP contribution in [0.15, 0.2) is 83.8 Å². The van der Waals surface area contributed by atoms with Crippen LogP contribution >= 0.6 is 0 Å². The van der Waals surface area contributed by atoms with E-state index in [0.29, 0.717) is 49.3 Å². The number of hydrogen-bond acceptors (Lipinski definition) is 7. The second-order valence-corrected chi connectivity index (χ2v) is 12.3. The van der Waals surface area contributed by atoms with Crippen LogP contribution in [0.5, 0.6) is 0 Å². The number of carbonyl (C=O) groups is 1. The van der Waals surface area contributed by atoms with E-state index in [1.54, 1.807) is 12.1 Å². The number of anilines is 1. The standard InChI is InChI=1S/C30H34N6O3S/c1-21(2)28(29(31)37)34-30-25-10-6-7-11-26(25)32-27(33-30)20-35-16-18-36(19-17-35)40(38,39)24-14-12-23(13-15-24)22-8-4-3-5-9-22/h3-15,21,28H,16-20H2,1-2H3,(H2,31,37)(H,32,33,34)/t28-/m0/s1. The SMILES string of the molecule is CC(C)[C@H](Nc1nc(CN2CCN(S(=O)(=O)c3ccc(-c4ccccc4)cc3)CC2)nc2ccccc12)C(N)=O. The number of nitrogens with two attached hydrogens (primary N) is 1. The van der Waals surface area contributed by atoms with E-state index in [2.05, 4.69) is 10.2 Å². The van der Waals surface area contributed by atoms with Crippen molar-refractivity contribution in [3.63, 3.8) is 0 Å². The van der Waals surface area contributed by atoms with Crippen molar-refractivity contribution < 1.29 is 13.2 Å². The zero-order valence-corrected chi connectivity index (χ0v) is 23.5. The number of nitrogens with one attached hydrogen (secondary N) is 1. The summed E-state index contributed by atoms with van der Waals surface area (Å²) in [5.41, 5.74) is 8.42. The fraction of sp³-hybridized carbons (Fsp3) is 0.300. The number of aromatic nitrogens is 2. The van der Waals surface area contributed by atoms with Gasteiger partial charge in [0, 0.05) is 31.6 Å². The second-order valence-electron chi connectivity index (χ2n) is 10.3. The molecule has 208 valence electrons. The van der Waals surface area contributed by atoms with Crippen molar-refractivity contribution in [2.24, 2.45) is 11.7 Å². The van der Waals surface area contributed by atoms with Gasteiger partial charge in [-0.05, 0) is 41.3 Å². The number of sulfonamides is 1. The van der Waals surface area contributed by atoms with E-state index in [9.17, 15) is 13.2 Å². The van der Waals surface area contributed by atoms with Gasteiger partial charge in [-0.3, -0.25) is 9.69 Å². The predicted molar refractivity (Wildman–Crippen MR) is 157 cm³/mol. The van der Waals surface area contributed by atoms with E-state index in [-0.39, 0.29) is 5.92 Å². The third-order valence-electron chi connectivity index (χ3n) is 7.21. The number of amides is 1. The number of carbonyl (C=O) groups excluding carboxylic acids is 1. The van der Waals surface area contributed by atoms with Crippen LogP contribution < -0.4 is 11.1 Å². The Morgan fingerprint density at radius 1 is 0.875 bits per heavy atom. The highest BCUT2D eigenvalue weighted by atomic mass is 32.2. The molecule has 1 atom stereocenters. The van der Waals surface area contributed by atoms with Gasteiger partial charge in [0.1, 0.15) is 17.7 Å². The van der Waals surface area contributed by atoms with Gasteiger partial charge in [-0.25, -0.2) is 18.4 Å². The molecule has 3 N–H and O–H groups in total. The predicted octanol–water partition coefficient (Wildman–Crippen LogP) is 3.73. The van der Waals surface area contributed by atoms with E-state index in [1.807, 2.05) is 80.6 Å². The smallest absolute Gasteiger partial charge is 0.243 e. The Kier molecular flexibility index (Phi) is 8.11. The Morgan fingerprint density at radius 2 is 1.50 bits per heavy atom.